The Kier molecular flexibility index (Phi) is 6.06. The summed E-state index contributed by atoms with van der Waals surface area (Å²) in [7, 11) is -2.07. The van der Waals surface area contributed by atoms with Gasteiger partial charge in [-0.1, -0.05) is 6.92 Å². The van der Waals surface area contributed by atoms with Crippen molar-refractivity contribution >= 4 is 32.1 Å². The summed E-state index contributed by atoms with van der Waals surface area (Å²) in [6, 6.07) is 8.28. The first-order valence-corrected chi connectivity index (χ1v) is 11.5. The quantitative estimate of drug-likeness (QED) is 0.774. The molecule has 0 saturated heterocycles. The molecule has 0 saturated carbocycles. The van der Waals surface area contributed by atoms with E-state index in [1.165, 1.54) is 30.6 Å². The fourth-order valence-corrected chi connectivity index (χ4v) is 5.89. The van der Waals surface area contributed by atoms with E-state index in [4.69, 9.17) is 4.74 Å². The highest BCUT2D eigenvalue weighted by Gasteiger charge is 2.25. The van der Waals surface area contributed by atoms with E-state index in [1.807, 2.05) is 0 Å². The monoisotopic (exact) mass is 418 g/mol. The molecule has 1 aromatic heterocycles. The molecule has 3 rings (SSSR count). The zero-order valence-electron chi connectivity index (χ0n) is 15.8. The maximum Gasteiger partial charge on any atom is 0.226 e. The minimum atomic E-state index is -3.58. The Morgan fingerprint density at radius 3 is 2.71 bits per heavy atom. The van der Waals surface area contributed by atoms with E-state index >= 15 is 0 Å². The van der Waals surface area contributed by atoms with Crippen molar-refractivity contribution in [3.05, 3.63) is 40.3 Å². The van der Waals surface area contributed by atoms with E-state index in [2.05, 4.69) is 18.3 Å². The van der Waals surface area contributed by atoms with Crippen LogP contribution in [0.15, 0.2) is 29.2 Å². The second-order valence-corrected chi connectivity index (χ2v) is 10.2. The lowest BCUT2D eigenvalue weighted by Crippen LogP contribution is -2.17. The molecule has 0 unspecified atom stereocenters. The third kappa shape index (κ3) is 4.37. The molecule has 1 heterocycles. The number of nitriles is 1. The Bertz CT molecular complexity index is 1020. The highest BCUT2D eigenvalue weighted by Crippen LogP contribution is 2.39. The maximum absolute atomic E-state index is 12.4. The molecule has 1 aliphatic carbocycles. The van der Waals surface area contributed by atoms with Crippen molar-refractivity contribution < 1.29 is 17.9 Å². The number of rotatable bonds is 6. The van der Waals surface area contributed by atoms with Crippen LogP contribution in [0.1, 0.15) is 35.8 Å². The number of amides is 1. The fourth-order valence-electron chi connectivity index (χ4n) is 3.27. The molecule has 1 aromatic carbocycles. The lowest BCUT2D eigenvalue weighted by atomic mass is 9.89. The van der Waals surface area contributed by atoms with Gasteiger partial charge in [-0.05, 0) is 55.0 Å². The molecule has 0 radical (unpaired) electrons. The smallest absolute Gasteiger partial charge is 0.226 e. The average Bonchev–Trinajstić information content (AvgIpc) is 3.02. The first kappa shape index (κ1) is 20.4. The lowest BCUT2D eigenvalue weighted by molar-refractivity contribution is -0.115. The summed E-state index contributed by atoms with van der Waals surface area (Å²) in [4.78, 5) is 13.6. The number of methoxy groups -OCH3 is 1. The number of carbonyl (C=O) groups is 1. The van der Waals surface area contributed by atoms with Gasteiger partial charge in [-0.25, -0.2) is 8.42 Å². The van der Waals surface area contributed by atoms with E-state index in [-0.39, 0.29) is 17.1 Å². The summed E-state index contributed by atoms with van der Waals surface area (Å²) in [5.41, 5.74) is 1.56. The second kappa shape index (κ2) is 8.33. The zero-order chi connectivity index (χ0) is 20.3. The van der Waals surface area contributed by atoms with Crippen molar-refractivity contribution in [3.63, 3.8) is 0 Å². The van der Waals surface area contributed by atoms with E-state index in [0.29, 0.717) is 22.2 Å². The van der Waals surface area contributed by atoms with Crippen LogP contribution in [0, 0.1) is 17.2 Å². The first-order valence-electron chi connectivity index (χ1n) is 9.05. The molecule has 1 atom stereocenters. The van der Waals surface area contributed by atoms with Gasteiger partial charge in [0.05, 0.1) is 23.3 Å². The molecule has 1 aliphatic rings. The molecule has 148 valence electrons. The van der Waals surface area contributed by atoms with Crippen LogP contribution in [0.25, 0.3) is 0 Å². The van der Waals surface area contributed by atoms with E-state index in [0.717, 1.165) is 29.7 Å². The Hall–Kier alpha value is -2.37. The molecular weight excluding hydrogens is 396 g/mol. The van der Waals surface area contributed by atoms with Gasteiger partial charge in [-0.15, -0.1) is 11.3 Å². The number of nitrogens with one attached hydrogen (secondary N) is 1. The summed E-state index contributed by atoms with van der Waals surface area (Å²) in [6.07, 6.45) is 2.62. The number of hydrogen-bond acceptors (Lipinski definition) is 6. The normalized spacial score (nSPS) is 16.1. The lowest BCUT2D eigenvalue weighted by Gasteiger charge is -2.17. The molecular formula is C20H22N2O4S2. The molecule has 6 nitrogen and oxygen atoms in total. The van der Waals surface area contributed by atoms with Crippen LogP contribution in [0.4, 0.5) is 5.00 Å². The number of benzene rings is 1. The number of carbonyl (C=O) groups excluding carboxylic acids is 1. The number of fused-ring (bicyclic) bond motifs is 1. The van der Waals surface area contributed by atoms with Crippen LogP contribution in [0.5, 0.6) is 5.75 Å². The zero-order valence-corrected chi connectivity index (χ0v) is 17.5. The molecule has 8 heteroatoms. The van der Waals surface area contributed by atoms with Gasteiger partial charge in [-0.2, -0.15) is 5.26 Å². The number of thiophene rings is 1. The number of ether oxygens (including phenoxy) is 1. The second-order valence-electron chi connectivity index (χ2n) is 6.96. The Balaban J connectivity index is 1.67. The van der Waals surface area contributed by atoms with Crippen molar-refractivity contribution in [2.75, 3.05) is 18.2 Å². The number of anilines is 1. The number of nitrogens with zero attached hydrogens (tertiary/aromatic N) is 1. The van der Waals surface area contributed by atoms with Gasteiger partial charge in [0.2, 0.25) is 5.91 Å². The standard InChI is InChI=1S/C20H22N2O4S2/c1-13-3-8-16-17(12-21)20(27-18(16)11-13)22-19(23)9-10-28(24,25)15-6-4-14(26-2)5-7-15/h4-7,13H,3,8-11H2,1-2H3,(H,22,23)/t13-/m0/s1. The largest absolute Gasteiger partial charge is 0.497 e. The third-order valence-corrected chi connectivity index (χ3v) is 7.79. The summed E-state index contributed by atoms with van der Waals surface area (Å²) >= 11 is 1.43. The number of hydrogen-bond donors (Lipinski definition) is 1. The van der Waals surface area contributed by atoms with Crippen LogP contribution in [0.3, 0.4) is 0 Å². The summed E-state index contributed by atoms with van der Waals surface area (Å²) in [6.45, 7) is 2.18. The van der Waals surface area contributed by atoms with Crippen LogP contribution in [-0.4, -0.2) is 27.2 Å². The van der Waals surface area contributed by atoms with Gasteiger partial charge in [-0.3, -0.25) is 4.79 Å². The van der Waals surface area contributed by atoms with Crippen LogP contribution in [0.2, 0.25) is 0 Å². The van der Waals surface area contributed by atoms with Crippen LogP contribution < -0.4 is 10.1 Å². The van der Waals surface area contributed by atoms with Crippen molar-refractivity contribution in [1.82, 2.24) is 0 Å². The van der Waals surface area contributed by atoms with E-state index in [9.17, 15) is 18.5 Å². The molecule has 1 N–H and O–H groups in total. The minimum Gasteiger partial charge on any atom is -0.497 e. The van der Waals surface area contributed by atoms with Crippen LogP contribution in [-0.2, 0) is 27.5 Å². The third-order valence-electron chi connectivity index (χ3n) is 4.89. The highest BCUT2D eigenvalue weighted by molar-refractivity contribution is 7.91. The Labute approximate surface area is 169 Å². The maximum atomic E-state index is 12.4. The van der Waals surface area contributed by atoms with Crippen molar-refractivity contribution in [2.45, 2.75) is 37.5 Å². The molecule has 0 spiro atoms. The fraction of sp³-hybridized carbons (Fsp3) is 0.400. The highest BCUT2D eigenvalue weighted by atomic mass is 32.2. The summed E-state index contributed by atoms with van der Waals surface area (Å²) in [5.74, 6) is 0.433. The Morgan fingerprint density at radius 1 is 1.36 bits per heavy atom. The molecule has 0 aliphatic heterocycles. The topological polar surface area (TPSA) is 96.3 Å². The summed E-state index contributed by atoms with van der Waals surface area (Å²) < 4.78 is 29.9. The SMILES string of the molecule is COc1ccc(S(=O)(=O)CCC(=O)Nc2sc3c(c2C#N)CC[C@H](C)C3)cc1. The van der Waals surface area contributed by atoms with E-state index in [1.54, 1.807) is 12.1 Å². The van der Waals surface area contributed by atoms with Crippen molar-refractivity contribution in [3.8, 4) is 11.8 Å². The van der Waals surface area contributed by atoms with Gasteiger partial charge in [0, 0.05) is 11.3 Å². The Morgan fingerprint density at radius 2 is 2.07 bits per heavy atom. The predicted molar refractivity (Wildman–Crippen MR) is 109 cm³/mol. The molecule has 0 fully saturated rings. The minimum absolute atomic E-state index is 0.152. The predicted octanol–water partition coefficient (Wildman–Crippen LogP) is 3.56. The van der Waals surface area contributed by atoms with Gasteiger partial charge in [0.25, 0.3) is 0 Å². The summed E-state index contributed by atoms with van der Waals surface area (Å²) in [5, 5.41) is 12.8. The average molecular weight is 419 g/mol. The van der Waals surface area contributed by atoms with Gasteiger partial charge < -0.3 is 10.1 Å². The van der Waals surface area contributed by atoms with Crippen molar-refractivity contribution in [1.29, 1.82) is 5.26 Å². The first-order chi connectivity index (χ1) is 13.3. The van der Waals surface area contributed by atoms with Gasteiger partial charge in [0.1, 0.15) is 16.8 Å². The molecule has 2 aromatic rings. The van der Waals surface area contributed by atoms with Crippen LogP contribution >= 0.6 is 11.3 Å². The molecule has 1 amide bonds. The molecule has 0 bridgehead atoms. The molecule has 28 heavy (non-hydrogen) atoms. The van der Waals surface area contributed by atoms with Crippen molar-refractivity contribution in [2.24, 2.45) is 5.92 Å². The number of sulfone groups is 1. The van der Waals surface area contributed by atoms with Gasteiger partial charge >= 0.3 is 0 Å². The van der Waals surface area contributed by atoms with Gasteiger partial charge in [0.15, 0.2) is 9.84 Å². The van der Waals surface area contributed by atoms with E-state index < -0.39 is 15.7 Å².